The minimum atomic E-state index is 0.598. The first-order chi connectivity index (χ1) is 7.04. The minimum Gasteiger partial charge on any atom is -0.0996 e. The van der Waals surface area contributed by atoms with Crippen LogP contribution in [0.3, 0.4) is 0 Å². The zero-order valence-corrected chi connectivity index (χ0v) is 10.5. The molecule has 0 radical (unpaired) electrons. The van der Waals surface area contributed by atoms with Gasteiger partial charge >= 0.3 is 0 Å². The second kappa shape index (κ2) is 3.81. The van der Waals surface area contributed by atoms with Crippen molar-refractivity contribution in [2.45, 2.75) is 52.9 Å². The molecule has 0 aromatic rings. The fraction of sp³-hybridized carbons (Fsp3) is 0.733. The van der Waals surface area contributed by atoms with Gasteiger partial charge in [0.05, 0.1) is 0 Å². The van der Waals surface area contributed by atoms with E-state index in [0.717, 1.165) is 11.8 Å². The van der Waals surface area contributed by atoms with Gasteiger partial charge in [0.25, 0.3) is 0 Å². The fourth-order valence-electron chi connectivity index (χ4n) is 3.61. The Morgan fingerprint density at radius 1 is 1.53 bits per heavy atom. The summed E-state index contributed by atoms with van der Waals surface area (Å²) in [5.74, 6) is 1.85. The number of allylic oxidation sites excluding steroid dienone is 3. The molecule has 3 aliphatic rings. The highest BCUT2D eigenvalue weighted by Crippen LogP contribution is 2.63. The van der Waals surface area contributed by atoms with Crippen LogP contribution in [0.4, 0.5) is 0 Å². The molecule has 0 heterocycles. The van der Waals surface area contributed by atoms with Gasteiger partial charge in [0.2, 0.25) is 0 Å². The maximum atomic E-state index is 4.26. The first kappa shape index (κ1) is 11.0. The molecule has 84 valence electrons. The Morgan fingerprint density at radius 2 is 2.27 bits per heavy atom. The van der Waals surface area contributed by atoms with Crippen LogP contribution in [0, 0.1) is 17.3 Å². The Labute approximate surface area is 94.5 Å². The van der Waals surface area contributed by atoms with E-state index in [1.165, 1.54) is 43.3 Å². The Morgan fingerprint density at radius 3 is 2.80 bits per heavy atom. The standard InChI is InChI=1S/C15H24/c1-11(2)6-5-9-15(4)13-8-7-12(3)14(15)10-13/h6,13-14H,3,5,7-10H2,1-2,4H3/t13?,14?,15-/m1/s1. The summed E-state index contributed by atoms with van der Waals surface area (Å²) in [5, 5.41) is 0. The van der Waals surface area contributed by atoms with Crippen LogP contribution in [-0.4, -0.2) is 0 Å². The molecule has 2 unspecified atom stereocenters. The topological polar surface area (TPSA) is 0 Å². The van der Waals surface area contributed by atoms with E-state index in [0.29, 0.717) is 5.41 Å². The zero-order valence-electron chi connectivity index (χ0n) is 10.5. The van der Waals surface area contributed by atoms with Crippen LogP contribution in [0.25, 0.3) is 0 Å². The van der Waals surface area contributed by atoms with Crippen molar-refractivity contribution >= 4 is 0 Å². The number of fused-ring (bicyclic) bond motifs is 2. The number of hydrogen-bond acceptors (Lipinski definition) is 0. The van der Waals surface area contributed by atoms with Crippen LogP contribution in [-0.2, 0) is 0 Å². The summed E-state index contributed by atoms with van der Waals surface area (Å²) in [7, 11) is 0. The average Bonchev–Trinajstić information content (AvgIpc) is 2.16. The SMILES string of the molecule is C=C1CCC2CC1[C@]2(C)CCC=C(C)C. The highest BCUT2D eigenvalue weighted by atomic mass is 14.6. The van der Waals surface area contributed by atoms with Gasteiger partial charge in [-0.25, -0.2) is 0 Å². The van der Waals surface area contributed by atoms with Crippen LogP contribution >= 0.6 is 0 Å². The van der Waals surface area contributed by atoms with Crippen molar-refractivity contribution < 1.29 is 0 Å². The van der Waals surface area contributed by atoms with Crippen LogP contribution in [0.15, 0.2) is 23.8 Å². The molecule has 3 atom stereocenters. The Kier molecular flexibility index (Phi) is 2.79. The van der Waals surface area contributed by atoms with Crippen molar-refractivity contribution in [2.24, 2.45) is 17.3 Å². The number of hydrogen-bond donors (Lipinski definition) is 0. The second-order valence-corrected chi connectivity index (χ2v) is 6.01. The predicted octanol–water partition coefficient (Wildman–Crippen LogP) is 4.73. The zero-order chi connectivity index (χ0) is 11.1. The summed E-state index contributed by atoms with van der Waals surface area (Å²) < 4.78 is 0. The van der Waals surface area contributed by atoms with E-state index in [2.05, 4.69) is 33.4 Å². The van der Waals surface area contributed by atoms with Gasteiger partial charge in [0.15, 0.2) is 0 Å². The summed E-state index contributed by atoms with van der Waals surface area (Å²) in [6.07, 6.45) is 9.16. The van der Waals surface area contributed by atoms with E-state index < -0.39 is 0 Å². The lowest BCUT2D eigenvalue weighted by Gasteiger charge is -2.59. The van der Waals surface area contributed by atoms with Crippen LogP contribution in [0.5, 0.6) is 0 Å². The van der Waals surface area contributed by atoms with E-state index in [-0.39, 0.29) is 0 Å². The molecule has 3 saturated carbocycles. The van der Waals surface area contributed by atoms with Crippen molar-refractivity contribution in [2.75, 3.05) is 0 Å². The van der Waals surface area contributed by atoms with E-state index in [1.807, 2.05) is 0 Å². The summed E-state index contributed by atoms with van der Waals surface area (Å²) in [6, 6.07) is 0. The molecule has 3 fully saturated rings. The molecular formula is C15H24. The van der Waals surface area contributed by atoms with Gasteiger partial charge < -0.3 is 0 Å². The van der Waals surface area contributed by atoms with Crippen LogP contribution in [0.2, 0.25) is 0 Å². The van der Waals surface area contributed by atoms with Crippen molar-refractivity contribution in [3.63, 3.8) is 0 Å². The van der Waals surface area contributed by atoms with Gasteiger partial charge in [-0.05, 0) is 63.2 Å². The van der Waals surface area contributed by atoms with Crippen molar-refractivity contribution in [1.82, 2.24) is 0 Å². The first-order valence-electron chi connectivity index (χ1n) is 6.35. The molecule has 2 bridgehead atoms. The molecule has 0 aromatic heterocycles. The molecule has 15 heavy (non-hydrogen) atoms. The van der Waals surface area contributed by atoms with Gasteiger partial charge in [-0.2, -0.15) is 0 Å². The highest BCUT2D eigenvalue weighted by molar-refractivity contribution is 5.20. The van der Waals surface area contributed by atoms with Crippen molar-refractivity contribution in [1.29, 1.82) is 0 Å². The molecule has 0 spiro atoms. The maximum Gasteiger partial charge on any atom is -0.0146 e. The Hall–Kier alpha value is -0.520. The predicted molar refractivity (Wildman–Crippen MR) is 66.7 cm³/mol. The quantitative estimate of drug-likeness (QED) is 0.583. The normalized spacial score (nSPS) is 38.5. The van der Waals surface area contributed by atoms with E-state index in [1.54, 1.807) is 0 Å². The number of rotatable bonds is 3. The molecule has 0 saturated heterocycles. The van der Waals surface area contributed by atoms with Crippen molar-refractivity contribution in [3.05, 3.63) is 23.8 Å². The summed E-state index contributed by atoms with van der Waals surface area (Å²) in [4.78, 5) is 0. The van der Waals surface area contributed by atoms with Crippen LogP contribution < -0.4 is 0 Å². The summed E-state index contributed by atoms with van der Waals surface area (Å²) >= 11 is 0. The van der Waals surface area contributed by atoms with E-state index in [9.17, 15) is 0 Å². The molecule has 0 heteroatoms. The van der Waals surface area contributed by atoms with Gasteiger partial charge in [-0.1, -0.05) is 30.7 Å². The van der Waals surface area contributed by atoms with E-state index in [4.69, 9.17) is 0 Å². The smallest absolute Gasteiger partial charge is 0.0146 e. The first-order valence-corrected chi connectivity index (χ1v) is 6.35. The van der Waals surface area contributed by atoms with Gasteiger partial charge in [-0.15, -0.1) is 0 Å². The van der Waals surface area contributed by atoms with Gasteiger partial charge in [-0.3, -0.25) is 0 Å². The molecule has 0 amide bonds. The molecule has 3 aliphatic carbocycles. The summed E-state index contributed by atoms with van der Waals surface area (Å²) in [6.45, 7) is 11.1. The lowest BCUT2D eigenvalue weighted by Crippen LogP contribution is -2.50. The largest absolute Gasteiger partial charge is 0.0996 e. The highest BCUT2D eigenvalue weighted by Gasteiger charge is 2.53. The Balaban J connectivity index is 1.96. The molecular weight excluding hydrogens is 180 g/mol. The van der Waals surface area contributed by atoms with E-state index >= 15 is 0 Å². The fourth-order valence-corrected chi connectivity index (χ4v) is 3.61. The molecule has 0 aliphatic heterocycles. The molecule has 0 aromatic carbocycles. The van der Waals surface area contributed by atoms with Crippen molar-refractivity contribution in [3.8, 4) is 0 Å². The third-order valence-corrected chi connectivity index (χ3v) is 4.79. The van der Waals surface area contributed by atoms with Crippen LogP contribution in [0.1, 0.15) is 52.9 Å². The third kappa shape index (κ3) is 1.79. The monoisotopic (exact) mass is 204 g/mol. The lowest BCUT2D eigenvalue weighted by molar-refractivity contribution is -0.0507. The minimum absolute atomic E-state index is 0.598. The average molecular weight is 204 g/mol. The van der Waals surface area contributed by atoms with Gasteiger partial charge in [0, 0.05) is 0 Å². The second-order valence-electron chi connectivity index (χ2n) is 6.01. The summed E-state index contributed by atoms with van der Waals surface area (Å²) in [5.41, 5.74) is 3.60. The maximum absolute atomic E-state index is 4.26. The molecule has 3 rings (SSSR count). The Bertz CT molecular complexity index is 291. The lowest BCUT2D eigenvalue weighted by atomic mass is 9.45. The van der Waals surface area contributed by atoms with Gasteiger partial charge in [0.1, 0.15) is 0 Å². The third-order valence-electron chi connectivity index (χ3n) is 4.79. The molecule has 0 N–H and O–H groups in total. The molecule has 0 nitrogen and oxygen atoms in total.